The smallest absolute Gasteiger partial charge is 0.252 e. The summed E-state index contributed by atoms with van der Waals surface area (Å²) in [5.74, 6) is 0.554. The van der Waals surface area contributed by atoms with Crippen LogP contribution in [0.15, 0.2) is 83.5 Å². The number of amides is 1. The molecular formula is C28H29N3O2. The van der Waals surface area contributed by atoms with Crippen LogP contribution in [0, 0.1) is 0 Å². The van der Waals surface area contributed by atoms with Gasteiger partial charge in [-0.15, -0.1) is 0 Å². The van der Waals surface area contributed by atoms with Crippen LogP contribution in [-0.4, -0.2) is 35.4 Å². The summed E-state index contributed by atoms with van der Waals surface area (Å²) in [5, 5.41) is 4.27. The van der Waals surface area contributed by atoms with Crippen molar-refractivity contribution in [2.75, 3.05) is 14.1 Å². The van der Waals surface area contributed by atoms with E-state index < -0.39 is 0 Å². The molecule has 5 heteroatoms. The maximum atomic E-state index is 13.9. The predicted octanol–water partition coefficient (Wildman–Crippen LogP) is 5.84. The van der Waals surface area contributed by atoms with Gasteiger partial charge in [-0.3, -0.25) is 4.79 Å². The van der Waals surface area contributed by atoms with Crippen molar-refractivity contribution in [2.24, 2.45) is 0 Å². The van der Waals surface area contributed by atoms with Gasteiger partial charge >= 0.3 is 0 Å². The van der Waals surface area contributed by atoms with E-state index in [0.29, 0.717) is 17.0 Å². The number of benzene rings is 2. The molecule has 33 heavy (non-hydrogen) atoms. The van der Waals surface area contributed by atoms with Crippen molar-refractivity contribution >= 4 is 16.8 Å². The molecule has 2 aromatic heterocycles. The van der Waals surface area contributed by atoms with Gasteiger partial charge in [0, 0.05) is 10.9 Å². The van der Waals surface area contributed by atoms with E-state index in [9.17, 15) is 4.79 Å². The van der Waals surface area contributed by atoms with Crippen molar-refractivity contribution in [1.29, 1.82) is 0 Å². The van der Waals surface area contributed by atoms with Crippen LogP contribution in [0.2, 0.25) is 0 Å². The molecule has 2 heterocycles. The Morgan fingerprint density at radius 2 is 1.73 bits per heavy atom. The molecular weight excluding hydrogens is 410 g/mol. The number of likely N-dealkylation sites (N-methyl/N-ethyl adjacent to an activating group) is 1. The number of aromatic nitrogens is 1. The Kier molecular flexibility index (Phi) is 5.73. The molecule has 0 radical (unpaired) electrons. The van der Waals surface area contributed by atoms with Crippen molar-refractivity contribution in [3.8, 4) is 11.5 Å². The molecule has 2 aromatic carbocycles. The molecule has 0 aliphatic heterocycles. The SMILES string of the molecule is CN(C)C1(C(NC(=O)c2cc(-c3ccco3)nc3ccccc23)c2ccccc2)CCCC1. The number of hydrogen-bond donors (Lipinski definition) is 1. The zero-order chi connectivity index (χ0) is 22.8. The predicted molar refractivity (Wildman–Crippen MR) is 131 cm³/mol. The maximum Gasteiger partial charge on any atom is 0.252 e. The summed E-state index contributed by atoms with van der Waals surface area (Å²) in [6.07, 6.45) is 6.05. The van der Waals surface area contributed by atoms with E-state index in [2.05, 4.69) is 36.4 Å². The molecule has 1 amide bonds. The molecule has 0 saturated heterocycles. The number of rotatable bonds is 6. The molecule has 4 aromatic rings. The third-order valence-corrected chi connectivity index (χ3v) is 7.04. The third-order valence-electron chi connectivity index (χ3n) is 7.04. The van der Waals surface area contributed by atoms with Gasteiger partial charge in [-0.25, -0.2) is 4.98 Å². The topological polar surface area (TPSA) is 58.4 Å². The second kappa shape index (κ2) is 8.83. The summed E-state index contributed by atoms with van der Waals surface area (Å²) in [5.41, 5.74) is 3.05. The number of para-hydroxylation sites is 1. The molecule has 1 aliphatic carbocycles. The van der Waals surface area contributed by atoms with E-state index in [4.69, 9.17) is 9.40 Å². The quantitative estimate of drug-likeness (QED) is 0.410. The molecule has 5 rings (SSSR count). The second-order valence-corrected chi connectivity index (χ2v) is 9.07. The number of carbonyl (C=O) groups is 1. The van der Waals surface area contributed by atoms with E-state index in [1.54, 1.807) is 6.26 Å². The van der Waals surface area contributed by atoms with E-state index in [1.165, 1.54) is 0 Å². The van der Waals surface area contributed by atoms with E-state index >= 15 is 0 Å². The Balaban J connectivity index is 1.59. The molecule has 5 nitrogen and oxygen atoms in total. The number of nitrogens with zero attached hydrogens (tertiary/aromatic N) is 2. The van der Waals surface area contributed by atoms with Crippen molar-refractivity contribution in [1.82, 2.24) is 15.2 Å². The first-order valence-electron chi connectivity index (χ1n) is 11.6. The highest BCUT2D eigenvalue weighted by Crippen LogP contribution is 2.43. The number of hydrogen-bond acceptors (Lipinski definition) is 4. The molecule has 0 bridgehead atoms. The summed E-state index contributed by atoms with van der Waals surface area (Å²) >= 11 is 0. The normalized spacial score (nSPS) is 16.2. The summed E-state index contributed by atoms with van der Waals surface area (Å²) in [4.78, 5) is 20.9. The van der Waals surface area contributed by atoms with Crippen LogP contribution in [0.1, 0.15) is 47.6 Å². The molecule has 1 fully saturated rings. The van der Waals surface area contributed by atoms with Gasteiger partial charge < -0.3 is 14.6 Å². The van der Waals surface area contributed by atoms with Crippen LogP contribution < -0.4 is 5.32 Å². The zero-order valence-corrected chi connectivity index (χ0v) is 19.1. The highest BCUT2D eigenvalue weighted by Gasteiger charge is 2.44. The first-order chi connectivity index (χ1) is 16.1. The monoisotopic (exact) mass is 439 g/mol. The Morgan fingerprint density at radius 3 is 2.42 bits per heavy atom. The summed E-state index contributed by atoms with van der Waals surface area (Å²) in [6.45, 7) is 0. The van der Waals surface area contributed by atoms with Gasteiger partial charge in [-0.05, 0) is 56.8 Å². The number of fused-ring (bicyclic) bond motifs is 1. The number of carbonyl (C=O) groups excluding carboxylic acids is 1. The van der Waals surface area contributed by atoms with Gasteiger partial charge in [-0.2, -0.15) is 0 Å². The Hall–Kier alpha value is -3.44. The summed E-state index contributed by atoms with van der Waals surface area (Å²) in [7, 11) is 4.26. The highest BCUT2D eigenvalue weighted by atomic mass is 16.3. The second-order valence-electron chi connectivity index (χ2n) is 9.07. The minimum absolute atomic E-state index is 0.0941. The molecule has 1 unspecified atom stereocenters. The molecule has 1 saturated carbocycles. The lowest BCUT2D eigenvalue weighted by atomic mass is 9.82. The highest BCUT2D eigenvalue weighted by molar-refractivity contribution is 6.07. The van der Waals surface area contributed by atoms with Crippen molar-refractivity contribution in [3.05, 3.63) is 90.2 Å². The number of pyridine rings is 1. The maximum absolute atomic E-state index is 13.9. The van der Waals surface area contributed by atoms with Gasteiger partial charge in [0.15, 0.2) is 5.76 Å². The third kappa shape index (κ3) is 3.93. The van der Waals surface area contributed by atoms with Crippen LogP contribution in [-0.2, 0) is 0 Å². The van der Waals surface area contributed by atoms with Crippen LogP contribution in [0.3, 0.4) is 0 Å². The van der Waals surface area contributed by atoms with Crippen LogP contribution in [0.4, 0.5) is 0 Å². The van der Waals surface area contributed by atoms with Gasteiger partial charge in [0.05, 0.1) is 23.4 Å². The lowest BCUT2D eigenvalue weighted by molar-refractivity contribution is 0.0767. The summed E-state index contributed by atoms with van der Waals surface area (Å²) in [6, 6.07) is 23.5. The Labute approximate surface area is 194 Å². The average Bonchev–Trinajstić information content (AvgIpc) is 3.55. The fourth-order valence-corrected chi connectivity index (χ4v) is 5.28. The fourth-order valence-electron chi connectivity index (χ4n) is 5.28. The Bertz CT molecular complexity index is 1240. The molecule has 1 N–H and O–H groups in total. The summed E-state index contributed by atoms with van der Waals surface area (Å²) < 4.78 is 5.58. The largest absolute Gasteiger partial charge is 0.463 e. The van der Waals surface area contributed by atoms with Crippen molar-refractivity contribution in [2.45, 2.75) is 37.3 Å². The van der Waals surface area contributed by atoms with Crippen LogP contribution in [0.5, 0.6) is 0 Å². The number of furan rings is 1. The van der Waals surface area contributed by atoms with Gasteiger partial charge in [0.1, 0.15) is 5.69 Å². The van der Waals surface area contributed by atoms with Crippen LogP contribution in [0.25, 0.3) is 22.4 Å². The molecule has 0 spiro atoms. The molecule has 168 valence electrons. The van der Waals surface area contributed by atoms with E-state index in [-0.39, 0.29) is 17.5 Å². The minimum atomic E-state index is -0.123. The van der Waals surface area contributed by atoms with E-state index in [0.717, 1.165) is 42.1 Å². The first-order valence-corrected chi connectivity index (χ1v) is 11.6. The van der Waals surface area contributed by atoms with Gasteiger partial charge in [-0.1, -0.05) is 61.4 Å². The average molecular weight is 440 g/mol. The number of nitrogens with one attached hydrogen (secondary N) is 1. The van der Waals surface area contributed by atoms with E-state index in [1.807, 2.05) is 60.7 Å². The molecule has 1 aliphatic rings. The van der Waals surface area contributed by atoms with Gasteiger partial charge in [0.2, 0.25) is 0 Å². The zero-order valence-electron chi connectivity index (χ0n) is 19.1. The lowest BCUT2D eigenvalue weighted by Crippen LogP contribution is -2.53. The van der Waals surface area contributed by atoms with Crippen molar-refractivity contribution < 1.29 is 9.21 Å². The fraction of sp³-hybridized carbons (Fsp3) is 0.286. The minimum Gasteiger partial charge on any atom is -0.463 e. The standard InChI is InChI=1S/C28H29N3O2/c1-31(2)28(16-8-9-17-28)26(20-11-4-3-5-12-20)30-27(32)22-19-24(25-15-10-18-33-25)29-23-14-7-6-13-21(22)23/h3-7,10-15,18-19,26H,8-9,16-17H2,1-2H3,(H,30,32). The molecule has 1 atom stereocenters. The Morgan fingerprint density at radius 1 is 1.00 bits per heavy atom. The van der Waals surface area contributed by atoms with Crippen molar-refractivity contribution in [3.63, 3.8) is 0 Å². The van der Waals surface area contributed by atoms with Crippen LogP contribution >= 0.6 is 0 Å². The first kappa shape index (κ1) is 21.4. The lowest BCUT2D eigenvalue weighted by Gasteiger charge is -2.44. The van der Waals surface area contributed by atoms with Gasteiger partial charge in [0.25, 0.3) is 5.91 Å².